The van der Waals surface area contributed by atoms with Crippen LogP contribution in [0, 0.1) is 11.8 Å². The fraction of sp³-hybridized carbons (Fsp3) is 0.727. The summed E-state index contributed by atoms with van der Waals surface area (Å²) in [7, 11) is 0. The first-order valence-electron chi connectivity index (χ1n) is 5.42. The number of nitrogens with zero attached hydrogens (tertiary/aromatic N) is 1. The zero-order valence-electron chi connectivity index (χ0n) is 9.77. The maximum atomic E-state index is 11.8. The summed E-state index contributed by atoms with van der Waals surface area (Å²) in [5.74, 6) is -1.85. The van der Waals surface area contributed by atoms with Crippen LogP contribution >= 0.6 is 0 Å². The molecule has 2 atom stereocenters. The van der Waals surface area contributed by atoms with Gasteiger partial charge < -0.3 is 5.11 Å². The van der Waals surface area contributed by atoms with Crippen LogP contribution in [0.25, 0.3) is 0 Å². The van der Waals surface area contributed by atoms with Crippen molar-refractivity contribution in [1.82, 2.24) is 4.90 Å². The normalized spacial score (nSPS) is 23.0. The quantitative estimate of drug-likeness (QED) is 0.723. The van der Waals surface area contributed by atoms with Gasteiger partial charge in [0.15, 0.2) is 0 Å². The number of amides is 2. The minimum atomic E-state index is -0.987. The molecule has 1 fully saturated rings. The Kier molecular flexibility index (Phi) is 3.67. The summed E-state index contributed by atoms with van der Waals surface area (Å²) >= 11 is 0. The molecule has 2 amide bonds. The fourth-order valence-electron chi connectivity index (χ4n) is 1.96. The number of hydrogen-bond donors (Lipinski definition) is 1. The number of hydrogen-bond acceptors (Lipinski definition) is 3. The van der Waals surface area contributed by atoms with Gasteiger partial charge in [0, 0.05) is 12.3 Å². The van der Waals surface area contributed by atoms with Crippen molar-refractivity contribution in [2.75, 3.05) is 0 Å². The molecule has 1 heterocycles. The van der Waals surface area contributed by atoms with Crippen LogP contribution in [0.4, 0.5) is 0 Å². The zero-order valence-corrected chi connectivity index (χ0v) is 9.77. The van der Waals surface area contributed by atoms with Gasteiger partial charge in [-0.3, -0.25) is 19.3 Å². The monoisotopic (exact) mass is 227 g/mol. The molecule has 0 saturated carbocycles. The Morgan fingerprint density at radius 1 is 1.50 bits per heavy atom. The number of carboxylic acid groups (broad SMARTS) is 1. The average molecular weight is 227 g/mol. The lowest BCUT2D eigenvalue weighted by molar-refractivity contribution is -0.146. The van der Waals surface area contributed by atoms with Crippen molar-refractivity contribution in [2.45, 2.75) is 39.7 Å². The predicted octanol–water partition coefficient (Wildman–Crippen LogP) is 0.881. The molecule has 0 aliphatic carbocycles. The largest absolute Gasteiger partial charge is 0.481 e. The molecule has 0 aromatic rings. The summed E-state index contributed by atoms with van der Waals surface area (Å²) in [5.41, 5.74) is 0. The number of rotatable bonds is 4. The van der Waals surface area contributed by atoms with Crippen molar-refractivity contribution < 1.29 is 19.5 Å². The molecular weight excluding hydrogens is 210 g/mol. The van der Waals surface area contributed by atoms with Crippen LogP contribution in [0.2, 0.25) is 0 Å². The lowest BCUT2D eigenvalue weighted by Crippen LogP contribution is -2.44. The van der Waals surface area contributed by atoms with Crippen LogP contribution in [-0.2, 0) is 14.4 Å². The van der Waals surface area contributed by atoms with E-state index in [0.717, 1.165) is 4.90 Å². The van der Waals surface area contributed by atoms with Crippen LogP contribution < -0.4 is 0 Å². The first-order chi connectivity index (χ1) is 7.34. The second kappa shape index (κ2) is 4.63. The average Bonchev–Trinajstić information content (AvgIpc) is 2.38. The summed E-state index contributed by atoms with van der Waals surface area (Å²) in [5, 5.41) is 8.78. The lowest BCUT2D eigenvalue weighted by atomic mass is 9.99. The highest BCUT2D eigenvalue weighted by Gasteiger charge is 2.41. The summed E-state index contributed by atoms with van der Waals surface area (Å²) in [6, 6.07) is -0.526. The van der Waals surface area contributed by atoms with Crippen LogP contribution in [0.3, 0.4) is 0 Å². The van der Waals surface area contributed by atoms with Gasteiger partial charge in [-0.25, -0.2) is 0 Å². The SMILES string of the molecule is CC1CC(=O)N(C(CC(=O)O)C(C)C)C1=O. The van der Waals surface area contributed by atoms with Gasteiger partial charge in [-0.2, -0.15) is 0 Å². The topological polar surface area (TPSA) is 74.7 Å². The van der Waals surface area contributed by atoms with Crippen LogP contribution in [0.15, 0.2) is 0 Å². The van der Waals surface area contributed by atoms with Crippen molar-refractivity contribution in [1.29, 1.82) is 0 Å². The van der Waals surface area contributed by atoms with E-state index in [1.807, 2.05) is 13.8 Å². The molecule has 16 heavy (non-hydrogen) atoms. The van der Waals surface area contributed by atoms with Gasteiger partial charge in [-0.1, -0.05) is 20.8 Å². The van der Waals surface area contributed by atoms with Gasteiger partial charge in [0.25, 0.3) is 0 Å². The van der Waals surface area contributed by atoms with Crippen molar-refractivity contribution >= 4 is 17.8 Å². The van der Waals surface area contributed by atoms with Crippen molar-refractivity contribution in [3.05, 3.63) is 0 Å². The van der Waals surface area contributed by atoms with Gasteiger partial charge in [-0.05, 0) is 5.92 Å². The maximum absolute atomic E-state index is 11.8. The maximum Gasteiger partial charge on any atom is 0.305 e. The lowest BCUT2D eigenvalue weighted by Gasteiger charge is -2.28. The van der Waals surface area contributed by atoms with E-state index in [0.29, 0.717) is 0 Å². The van der Waals surface area contributed by atoms with Crippen LogP contribution in [0.1, 0.15) is 33.6 Å². The predicted molar refractivity (Wildman–Crippen MR) is 56.5 cm³/mol. The highest BCUT2D eigenvalue weighted by Crippen LogP contribution is 2.26. The minimum absolute atomic E-state index is 0.0469. The molecule has 1 saturated heterocycles. The molecule has 5 nitrogen and oxygen atoms in total. The molecule has 5 heteroatoms. The molecule has 1 aliphatic rings. The molecule has 0 bridgehead atoms. The number of aliphatic carboxylic acids is 1. The third kappa shape index (κ3) is 2.40. The molecule has 0 aromatic heterocycles. The Hall–Kier alpha value is -1.39. The molecule has 1 N–H and O–H groups in total. The van der Waals surface area contributed by atoms with E-state index >= 15 is 0 Å². The molecule has 1 aliphatic heterocycles. The van der Waals surface area contributed by atoms with E-state index in [2.05, 4.69) is 0 Å². The zero-order chi connectivity index (χ0) is 12.5. The molecule has 0 radical (unpaired) electrons. The Balaban J connectivity index is 2.90. The van der Waals surface area contributed by atoms with E-state index < -0.39 is 12.0 Å². The molecular formula is C11H17NO4. The van der Waals surface area contributed by atoms with Crippen molar-refractivity contribution in [3.8, 4) is 0 Å². The van der Waals surface area contributed by atoms with Gasteiger partial charge >= 0.3 is 5.97 Å². The number of likely N-dealkylation sites (tertiary alicyclic amines) is 1. The Bertz CT molecular complexity index is 324. The Morgan fingerprint density at radius 3 is 2.38 bits per heavy atom. The van der Waals surface area contributed by atoms with E-state index in [1.54, 1.807) is 6.92 Å². The highest BCUT2D eigenvalue weighted by atomic mass is 16.4. The summed E-state index contributed by atoms with van der Waals surface area (Å²) in [4.78, 5) is 35.2. The van der Waals surface area contributed by atoms with Gasteiger partial charge in [0.1, 0.15) is 0 Å². The Morgan fingerprint density at radius 2 is 2.06 bits per heavy atom. The molecule has 0 aromatic carbocycles. The van der Waals surface area contributed by atoms with Gasteiger partial charge in [-0.15, -0.1) is 0 Å². The molecule has 90 valence electrons. The van der Waals surface area contributed by atoms with E-state index in [4.69, 9.17) is 5.11 Å². The summed E-state index contributed by atoms with van der Waals surface area (Å²) in [6.07, 6.45) is 0.0174. The fourth-order valence-corrected chi connectivity index (χ4v) is 1.96. The Labute approximate surface area is 94.4 Å². The summed E-state index contributed by atoms with van der Waals surface area (Å²) < 4.78 is 0. The number of carboxylic acids is 1. The number of imide groups is 1. The first kappa shape index (κ1) is 12.7. The second-order valence-electron chi connectivity index (χ2n) is 4.62. The van der Waals surface area contributed by atoms with Crippen LogP contribution in [-0.4, -0.2) is 33.8 Å². The number of carbonyl (C=O) groups is 3. The third-order valence-corrected chi connectivity index (χ3v) is 2.89. The molecule has 1 rings (SSSR count). The standard InChI is InChI=1S/C11H17NO4/c1-6(2)8(5-10(14)15)12-9(13)4-7(3)11(12)16/h6-8H,4-5H2,1-3H3,(H,14,15). The number of carbonyl (C=O) groups excluding carboxylic acids is 2. The van der Waals surface area contributed by atoms with E-state index in [-0.39, 0.29) is 36.5 Å². The van der Waals surface area contributed by atoms with E-state index in [9.17, 15) is 14.4 Å². The van der Waals surface area contributed by atoms with Crippen LogP contribution in [0.5, 0.6) is 0 Å². The smallest absolute Gasteiger partial charge is 0.305 e. The third-order valence-electron chi connectivity index (χ3n) is 2.89. The van der Waals surface area contributed by atoms with Gasteiger partial charge in [0.05, 0.1) is 12.5 Å². The second-order valence-corrected chi connectivity index (χ2v) is 4.62. The minimum Gasteiger partial charge on any atom is -0.481 e. The van der Waals surface area contributed by atoms with Crippen molar-refractivity contribution in [2.24, 2.45) is 11.8 Å². The summed E-state index contributed by atoms with van der Waals surface area (Å²) in [6.45, 7) is 5.33. The van der Waals surface area contributed by atoms with Gasteiger partial charge in [0.2, 0.25) is 11.8 Å². The molecule has 0 spiro atoms. The van der Waals surface area contributed by atoms with Crippen molar-refractivity contribution in [3.63, 3.8) is 0 Å². The highest BCUT2D eigenvalue weighted by molar-refractivity contribution is 6.03. The first-order valence-corrected chi connectivity index (χ1v) is 5.42. The van der Waals surface area contributed by atoms with E-state index in [1.165, 1.54) is 0 Å². The molecule has 2 unspecified atom stereocenters.